The minimum absolute atomic E-state index is 0.183. The lowest BCUT2D eigenvalue weighted by atomic mass is 10.1. The Labute approximate surface area is 153 Å². The standard InChI is InChI=1S/C20H19F2NO2S/c1-25-16-11-9-15(10-12-16)23-18(20(21)22)13-26(24)19-8-4-6-14-5-2-3-7-17(14)19/h2-12,18,20,23H,13H2,1H3/t18-,26+/m1/s1. The Hall–Kier alpha value is -2.47. The lowest BCUT2D eigenvalue weighted by Gasteiger charge is -2.19. The molecule has 26 heavy (non-hydrogen) atoms. The Kier molecular flexibility index (Phi) is 5.83. The van der Waals surface area contributed by atoms with Crippen molar-refractivity contribution in [2.45, 2.75) is 17.4 Å². The average Bonchev–Trinajstić information content (AvgIpc) is 2.67. The van der Waals surface area contributed by atoms with Crippen LogP contribution in [0.1, 0.15) is 0 Å². The summed E-state index contributed by atoms with van der Waals surface area (Å²) in [7, 11) is -0.0161. The zero-order chi connectivity index (χ0) is 18.5. The predicted octanol–water partition coefficient (Wildman–Crippen LogP) is 4.70. The third-order valence-corrected chi connectivity index (χ3v) is 5.58. The van der Waals surface area contributed by atoms with Crippen LogP contribution in [0.25, 0.3) is 10.8 Å². The molecule has 0 aliphatic rings. The molecule has 3 aromatic carbocycles. The van der Waals surface area contributed by atoms with E-state index in [0.29, 0.717) is 16.3 Å². The van der Waals surface area contributed by atoms with Crippen LogP contribution in [0.3, 0.4) is 0 Å². The van der Waals surface area contributed by atoms with E-state index >= 15 is 0 Å². The van der Waals surface area contributed by atoms with E-state index in [2.05, 4.69) is 5.32 Å². The second kappa shape index (κ2) is 8.27. The fourth-order valence-electron chi connectivity index (χ4n) is 2.73. The Bertz CT molecular complexity index is 894. The SMILES string of the molecule is COc1ccc(N[C@H](C[S@](=O)c2cccc3ccccc23)C(F)F)cc1. The van der Waals surface area contributed by atoms with Crippen molar-refractivity contribution in [3.8, 4) is 5.75 Å². The molecule has 2 atom stereocenters. The van der Waals surface area contributed by atoms with Crippen LogP contribution in [0.15, 0.2) is 71.6 Å². The molecule has 0 aliphatic heterocycles. The summed E-state index contributed by atoms with van der Waals surface area (Å²) in [6.45, 7) is 0. The number of hydrogen-bond donors (Lipinski definition) is 1. The summed E-state index contributed by atoms with van der Waals surface area (Å²) in [5.41, 5.74) is 0.533. The molecular formula is C20H19F2NO2S. The molecule has 0 unspecified atom stereocenters. The maximum Gasteiger partial charge on any atom is 0.259 e. The lowest BCUT2D eigenvalue weighted by molar-refractivity contribution is 0.132. The van der Waals surface area contributed by atoms with Crippen LogP contribution in [0.2, 0.25) is 0 Å². The molecule has 3 rings (SSSR count). The molecule has 0 fully saturated rings. The van der Waals surface area contributed by atoms with Gasteiger partial charge in [-0.05, 0) is 41.1 Å². The van der Waals surface area contributed by atoms with Gasteiger partial charge in [0.1, 0.15) is 5.75 Å². The summed E-state index contributed by atoms with van der Waals surface area (Å²) < 4.78 is 44.8. The molecule has 0 bridgehead atoms. The van der Waals surface area contributed by atoms with Crippen molar-refractivity contribution in [3.05, 3.63) is 66.7 Å². The molecule has 0 saturated carbocycles. The van der Waals surface area contributed by atoms with E-state index in [1.807, 2.05) is 30.3 Å². The minimum Gasteiger partial charge on any atom is -0.497 e. The van der Waals surface area contributed by atoms with Gasteiger partial charge in [-0.1, -0.05) is 36.4 Å². The van der Waals surface area contributed by atoms with E-state index in [9.17, 15) is 13.0 Å². The quantitative estimate of drug-likeness (QED) is 0.650. The summed E-state index contributed by atoms with van der Waals surface area (Å²) in [6, 6.07) is 18.4. The fourth-order valence-corrected chi connectivity index (χ4v) is 4.12. The number of ether oxygens (including phenoxy) is 1. The lowest BCUT2D eigenvalue weighted by Crippen LogP contribution is -2.33. The number of methoxy groups -OCH3 is 1. The largest absolute Gasteiger partial charge is 0.497 e. The number of alkyl halides is 2. The summed E-state index contributed by atoms with van der Waals surface area (Å²) >= 11 is 0. The van der Waals surface area contributed by atoms with Gasteiger partial charge >= 0.3 is 0 Å². The smallest absolute Gasteiger partial charge is 0.259 e. The maximum absolute atomic E-state index is 13.5. The van der Waals surface area contributed by atoms with E-state index in [1.54, 1.807) is 36.4 Å². The average molecular weight is 375 g/mol. The zero-order valence-electron chi connectivity index (χ0n) is 14.2. The van der Waals surface area contributed by atoms with E-state index < -0.39 is 23.3 Å². The first-order chi connectivity index (χ1) is 12.6. The molecule has 3 nitrogen and oxygen atoms in total. The number of fused-ring (bicyclic) bond motifs is 1. The second-order valence-electron chi connectivity index (χ2n) is 5.80. The van der Waals surface area contributed by atoms with Gasteiger partial charge < -0.3 is 10.1 Å². The van der Waals surface area contributed by atoms with Crippen molar-refractivity contribution in [2.75, 3.05) is 18.2 Å². The van der Waals surface area contributed by atoms with Crippen molar-refractivity contribution in [1.29, 1.82) is 0 Å². The summed E-state index contributed by atoms with van der Waals surface area (Å²) in [4.78, 5) is 0.574. The van der Waals surface area contributed by atoms with Crippen LogP contribution in [0.4, 0.5) is 14.5 Å². The first kappa shape index (κ1) is 18.3. The van der Waals surface area contributed by atoms with Gasteiger partial charge in [0.25, 0.3) is 6.43 Å². The monoisotopic (exact) mass is 375 g/mol. The van der Waals surface area contributed by atoms with E-state index in [1.165, 1.54) is 7.11 Å². The van der Waals surface area contributed by atoms with Gasteiger partial charge in [-0.15, -0.1) is 0 Å². The summed E-state index contributed by atoms with van der Waals surface area (Å²) in [6.07, 6.45) is -2.64. The zero-order valence-corrected chi connectivity index (χ0v) is 15.0. The molecule has 0 heterocycles. The molecule has 0 aliphatic carbocycles. The first-order valence-electron chi connectivity index (χ1n) is 8.13. The summed E-state index contributed by atoms with van der Waals surface area (Å²) in [5.74, 6) is 0.459. The number of hydrogen-bond acceptors (Lipinski definition) is 3. The first-order valence-corrected chi connectivity index (χ1v) is 9.45. The van der Waals surface area contributed by atoms with Crippen LogP contribution in [0.5, 0.6) is 5.75 Å². The Balaban J connectivity index is 1.79. The van der Waals surface area contributed by atoms with E-state index in [-0.39, 0.29) is 5.75 Å². The Morgan fingerprint density at radius 2 is 1.69 bits per heavy atom. The molecule has 0 amide bonds. The Morgan fingerprint density at radius 1 is 1.00 bits per heavy atom. The van der Waals surface area contributed by atoms with Gasteiger partial charge in [0.15, 0.2) is 0 Å². The normalized spacial score (nSPS) is 13.5. The number of halogens is 2. The maximum atomic E-state index is 13.5. The number of anilines is 1. The number of rotatable bonds is 7. The van der Waals surface area contributed by atoms with Crippen molar-refractivity contribution < 1.29 is 17.7 Å². The highest BCUT2D eigenvalue weighted by molar-refractivity contribution is 7.85. The van der Waals surface area contributed by atoms with Crippen molar-refractivity contribution in [2.24, 2.45) is 0 Å². The van der Waals surface area contributed by atoms with Gasteiger partial charge in [-0.3, -0.25) is 4.21 Å². The highest BCUT2D eigenvalue weighted by atomic mass is 32.2. The topological polar surface area (TPSA) is 38.3 Å². The molecule has 136 valence electrons. The molecule has 0 spiro atoms. The van der Waals surface area contributed by atoms with Gasteiger partial charge in [0.05, 0.1) is 29.7 Å². The van der Waals surface area contributed by atoms with Crippen LogP contribution in [0, 0.1) is 0 Å². The van der Waals surface area contributed by atoms with Gasteiger partial charge in [0.2, 0.25) is 0 Å². The number of benzene rings is 3. The Morgan fingerprint density at radius 3 is 2.38 bits per heavy atom. The van der Waals surface area contributed by atoms with Gasteiger partial charge in [-0.25, -0.2) is 8.78 Å². The molecule has 0 saturated heterocycles. The second-order valence-corrected chi connectivity index (χ2v) is 7.27. The van der Waals surface area contributed by atoms with Crippen molar-refractivity contribution >= 4 is 27.3 Å². The van der Waals surface area contributed by atoms with E-state index in [4.69, 9.17) is 4.74 Å². The van der Waals surface area contributed by atoms with Gasteiger partial charge in [-0.2, -0.15) is 0 Å². The van der Waals surface area contributed by atoms with Gasteiger partial charge in [0, 0.05) is 10.6 Å². The third kappa shape index (κ3) is 4.19. The van der Waals surface area contributed by atoms with Crippen molar-refractivity contribution in [3.63, 3.8) is 0 Å². The fraction of sp³-hybridized carbons (Fsp3) is 0.200. The molecule has 3 aromatic rings. The summed E-state index contributed by atoms with van der Waals surface area (Å²) in [5, 5.41) is 4.54. The molecule has 0 radical (unpaired) electrons. The molecule has 1 N–H and O–H groups in total. The minimum atomic E-state index is -2.64. The van der Waals surface area contributed by atoms with E-state index in [0.717, 1.165) is 10.8 Å². The highest BCUT2D eigenvalue weighted by Gasteiger charge is 2.24. The van der Waals surface area contributed by atoms with Crippen LogP contribution >= 0.6 is 0 Å². The molecule has 0 aromatic heterocycles. The van der Waals surface area contributed by atoms with Crippen LogP contribution < -0.4 is 10.1 Å². The molecule has 6 heteroatoms. The van der Waals surface area contributed by atoms with Crippen LogP contribution in [-0.4, -0.2) is 29.5 Å². The highest BCUT2D eigenvalue weighted by Crippen LogP contribution is 2.24. The van der Waals surface area contributed by atoms with Crippen LogP contribution in [-0.2, 0) is 10.8 Å². The predicted molar refractivity (Wildman–Crippen MR) is 102 cm³/mol. The third-order valence-electron chi connectivity index (χ3n) is 4.07. The molecular weight excluding hydrogens is 356 g/mol. The van der Waals surface area contributed by atoms with Crippen molar-refractivity contribution in [1.82, 2.24) is 0 Å². The number of nitrogens with one attached hydrogen (secondary N) is 1.